The van der Waals surface area contributed by atoms with Gasteiger partial charge in [-0.05, 0) is 0 Å². The third-order valence-electron chi connectivity index (χ3n) is 1.35. The fourth-order valence-corrected chi connectivity index (χ4v) is 1.62. The smallest absolute Gasteiger partial charge is 0.0949 e. The largest absolute Gasteiger partial charge is 0.291 e. The first-order valence-electron chi connectivity index (χ1n) is 2.89. The van der Waals surface area contributed by atoms with Crippen LogP contribution in [-0.4, -0.2) is 17.7 Å². The van der Waals surface area contributed by atoms with Gasteiger partial charge in [0.05, 0.1) is 11.2 Å². The van der Waals surface area contributed by atoms with Crippen molar-refractivity contribution in [3.8, 4) is 0 Å². The summed E-state index contributed by atoms with van der Waals surface area (Å²) in [5, 5.41) is 0. The Labute approximate surface area is 57.3 Å². The van der Waals surface area contributed by atoms with E-state index in [0.29, 0.717) is 0 Å². The summed E-state index contributed by atoms with van der Waals surface area (Å²) in [6.07, 6.45) is 2.94. The summed E-state index contributed by atoms with van der Waals surface area (Å²) in [7, 11) is 0. The predicted octanol–water partition coefficient (Wildman–Crippen LogP) is 1.12. The minimum atomic E-state index is 0.940. The number of aliphatic imine (C=N–C) groups is 1. The lowest BCUT2D eigenvalue weighted by Crippen LogP contribution is -1.98. The first-order chi connectivity index (χ1) is 4.47. The van der Waals surface area contributed by atoms with Crippen LogP contribution in [0, 0.1) is 0 Å². The minimum absolute atomic E-state index is 0.940. The molecule has 1 aromatic rings. The average Bonchev–Trinajstić information content (AvgIpc) is 2.33. The zero-order chi connectivity index (χ0) is 6.10. The number of hydrogen-bond donors (Lipinski definition) is 0. The van der Waals surface area contributed by atoms with Gasteiger partial charge in [0.1, 0.15) is 0 Å². The lowest BCUT2D eigenvalue weighted by molar-refractivity contribution is 0.964. The molecule has 0 bridgehead atoms. The van der Waals surface area contributed by atoms with Crippen LogP contribution >= 0.6 is 11.3 Å². The topological polar surface area (TPSA) is 25.2 Å². The van der Waals surface area contributed by atoms with Crippen LogP contribution < -0.4 is 0 Å². The Morgan fingerprint density at radius 1 is 1.56 bits per heavy atom. The average molecular weight is 138 g/mol. The van der Waals surface area contributed by atoms with Gasteiger partial charge >= 0.3 is 0 Å². The molecule has 0 unspecified atom stereocenters. The molecule has 46 valence electrons. The number of fused-ring (bicyclic) bond motifs is 1. The summed E-state index contributed by atoms with van der Waals surface area (Å²) in [5.74, 6) is 0. The maximum absolute atomic E-state index is 4.13. The van der Waals surface area contributed by atoms with Gasteiger partial charge in [-0.25, -0.2) is 4.98 Å². The van der Waals surface area contributed by atoms with Gasteiger partial charge < -0.3 is 0 Å². The molecule has 2 nitrogen and oxygen atoms in total. The molecule has 0 N–H and O–H groups in total. The van der Waals surface area contributed by atoms with Gasteiger partial charge in [0.25, 0.3) is 0 Å². The van der Waals surface area contributed by atoms with Gasteiger partial charge in [-0.2, -0.15) is 0 Å². The first kappa shape index (κ1) is 5.11. The number of nitrogens with zero attached hydrogens (tertiary/aromatic N) is 2. The molecule has 0 aliphatic carbocycles. The van der Waals surface area contributed by atoms with E-state index in [0.717, 1.165) is 18.7 Å². The summed E-state index contributed by atoms with van der Waals surface area (Å²) in [5.41, 5.74) is 2.95. The third-order valence-corrected chi connectivity index (χ3v) is 2.26. The van der Waals surface area contributed by atoms with Crippen molar-refractivity contribution in [1.29, 1.82) is 0 Å². The number of thiazole rings is 1. The van der Waals surface area contributed by atoms with Crippen molar-refractivity contribution in [2.45, 2.75) is 6.42 Å². The second kappa shape index (κ2) is 1.92. The highest BCUT2D eigenvalue weighted by atomic mass is 32.1. The molecule has 0 fully saturated rings. The van der Waals surface area contributed by atoms with Gasteiger partial charge in [0.2, 0.25) is 0 Å². The molecule has 0 radical (unpaired) electrons. The van der Waals surface area contributed by atoms with Crippen molar-refractivity contribution in [3.63, 3.8) is 0 Å². The van der Waals surface area contributed by atoms with Crippen molar-refractivity contribution in [1.82, 2.24) is 4.98 Å². The molecule has 0 atom stereocenters. The van der Waals surface area contributed by atoms with Crippen molar-refractivity contribution in [2.24, 2.45) is 4.99 Å². The quantitative estimate of drug-likeness (QED) is 0.527. The van der Waals surface area contributed by atoms with E-state index in [4.69, 9.17) is 0 Å². The fraction of sp³-hybridized carbons (Fsp3) is 0.333. The first-order valence-corrected chi connectivity index (χ1v) is 3.77. The van der Waals surface area contributed by atoms with E-state index in [1.54, 1.807) is 11.3 Å². The van der Waals surface area contributed by atoms with Gasteiger partial charge in [-0.1, -0.05) is 0 Å². The third kappa shape index (κ3) is 0.772. The van der Waals surface area contributed by atoms with E-state index in [2.05, 4.69) is 9.98 Å². The molecule has 1 aliphatic heterocycles. The van der Waals surface area contributed by atoms with E-state index in [1.807, 2.05) is 11.7 Å². The van der Waals surface area contributed by atoms with Crippen LogP contribution in [0.5, 0.6) is 0 Å². The highest BCUT2D eigenvalue weighted by molar-refractivity contribution is 7.09. The summed E-state index contributed by atoms with van der Waals surface area (Å²) in [6.45, 7) is 0.940. The predicted molar refractivity (Wildman–Crippen MR) is 38.3 cm³/mol. The molecule has 1 aromatic heterocycles. The molecule has 1 aliphatic rings. The van der Waals surface area contributed by atoms with E-state index in [1.165, 1.54) is 4.88 Å². The second-order valence-electron chi connectivity index (χ2n) is 1.95. The normalized spacial score (nSPS) is 15.6. The van der Waals surface area contributed by atoms with Gasteiger partial charge in [-0.3, -0.25) is 4.99 Å². The van der Waals surface area contributed by atoms with Gasteiger partial charge in [0, 0.05) is 24.1 Å². The molecule has 0 spiro atoms. The van der Waals surface area contributed by atoms with Gasteiger partial charge in [0.15, 0.2) is 0 Å². The molecule has 0 saturated carbocycles. The molecule has 0 aromatic carbocycles. The molecule has 9 heavy (non-hydrogen) atoms. The van der Waals surface area contributed by atoms with Crippen LogP contribution in [0.3, 0.4) is 0 Å². The highest BCUT2D eigenvalue weighted by Gasteiger charge is 2.05. The van der Waals surface area contributed by atoms with E-state index < -0.39 is 0 Å². The Hall–Kier alpha value is -0.700. The van der Waals surface area contributed by atoms with E-state index >= 15 is 0 Å². The molecule has 3 heteroatoms. The SMILES string of the molecule is C1=NCCc2scnc21. The highest BCUT2D eigenvalue weighted by Crippen LogP contribution is 2.14. The molecule has 0 saturated heterocycles. The monoisotopic (exact) mass is 138 g/mol. The zero-order valence-electron chi connectivity index (χ0n) is 4.87. The summed E-state index contributed by atoms with van der Waals surface area (Å²) >= 11 is 1.72. The molecule has 0 amide bonds. The molecular formula is C6H6N2S. The lowest BCUT2D eigenvalue weighted by atomic mass is 10.2. The number of rotatable bonds is 0. The Morgan fingerprint density at radius 2 is 2.56 bits per heavy atom. The Balaban J connectivity index is 2.53. The number of hydrogen-bond acceptors (Lipinski definition) is 3. The molecule has 2 rings (SSSR count). The fourth-order valence-electron chi connectivity index (χ4n) is 0.889. The van der Waals surface area contributed by atoms with Crippen molar-refractivity contribution in [2.75, 3.05) is 6.54 Å². The van der Waals surface area contributed by atoms with Crippen molar-refractivity contribution < 1.29 is 0 Å². The van der Waals surface area contributed by atoms with Crippen molar-refractivity contribution >= 4 is 17.6 Å². The Bertz CT molecular complexity index is 239. The Morgan fingerprint density at radius 3 is 3.44 bits per heavy atom. The number of aromatic nitrogens is 1. The molecular weight excluding hydrogens is 132 g/mol. The summed E-state index contributed by atoms with van der Waals surface area (Å²) < 4.78 is 0. The second-order valence-corrected chi connectivity index (χ2v) is 2.89. The standard InChI is InChI=1S/C6H6N2S/c1-2-7-3-5-6(1)9-4-8-5/h3-4H,1-2H2. The van der Waals surface area contributed by atoms with Crippen molar-refractivity contribution in [3.05, 3.63) is 16.1 Å². The minimum Gasteiger partial charge on any atom is -0.291 e. The van der Waals surface area contributed by atoms with Crippen LogP contribution in [0.2, 0.25) is 0 Å². The zero-order valence-corrected chi connectivity index (χ0v) is 5.69. The molecule has 2 heterocycles. The van der Waals surface area contributed by atoms with Crippen LogP contribution in [0.4, 0.5) is 0 Å². The van der Waals surface area contributed by atoms with E-state index in [9.17, 15) is 0 Å². The van der Waals surface area contributed by atoms with E-state index in [-0.39, 0.29) is 0 Å². The lowest BCUT2D eigenvalue weighted by Gasteiger charge is -1.99. The van der Waals surface area contributed by atoms with Crippen LogP contribution in [-0.2, 0) is 6.42 Å². The van der Waals surface area contributed by atoms with Gasteiger partial charge in [-0.15, -0.1) is 11.3 Å². The summed E-state index contributed by atoms with van der Waals surface area (Å²) in [4.78, 5) is 9.62. The van der Waals surface area contributed by atoms with Crippen LogP contribution in [0.15, 0.2) is 10.5 Å². The maximum Gasteiger partial charge on any atom is 0.0949 e. The van der Waals surface area contributed by atoms with Crippen LogP contribution in [0.25, 0.3) is 0 Å². The van der Waals surface area contributed by atoms with Crippen LogP contribution in [0.1, 0.15) is 10.6 Å². The Kier molecular flexibility index (Phi) is 1.09. The summed E-state index contributed by atoms with van der Waals surface area (Å²) in [6, 6.07) is 0. The maximum atomic E-state index is 4.13.